The molecule has 1 aliphatic rings. The second-order valence-electron chi connectivity index (χ2n) is 7.15. The van der Waals surface area contributed by atoms with Gasteiger partial charge in [-0.1, -0.05) is 42.5 Å². The average molecular weight is 416 g/mol. The largest absolute Gasteiger partial charge is 0.355 e. The molecule has 0 spiro atoms. The maximum Gasteiger partial charge on any atom is 0.319 e. The minimum absolute atomic E-state index is 0.0901. The number of allylic oxidation sites excluding steroid dienone is 1. The van der Waals surface area contributed by atoms with E-state index in [0.717, 1.165) is 22.4 Å². The summed E-state index contributed by atoms with van der Waals surface area (Å²) in [5.41, 5.74) is 3.30. The maximum atomic E-state index is 12.2. The van der Waals surface area contributed by atoms with E-state index in [9.17, 15) is 9.59 Å². The number of H-pyrrole nitrogens is 1. The van der Waals surface area contributed by atoms with Crippen LogP contribution in [0.5, 0.6) is 0 Å². The smallest absolute Gasteiger partial charge is 0.319 e. The first kappa shape index (κ1) is 20.2. The van der Waals surface area contributed by atoms with Gasteiger partial charge in [-0.25, -0.2) is 9.78 Å². The zero-order valence-corrected chi connectivity index (χ0v) is 16.9. The molecule has 0 fully saturated rings. The van der Waals surface area contributed by atoms with Crippen molar-refractivity contribution >= 4 is 34.6 Å². The van der Waals surface area contributed by atoms with Gasteiger partial charge >= 0.3 is 6.03 Å². The predicted octanol–water partition coefficient (Wildman–Crippen LogP) is 3.52. The van der Waals surface area contributed by atoms with Gasteiger partial charge in [0.05, 0.1) is 17.1 Å². The molecule has 1 atom stereocenters. The Bertz CT molecular complexity index is 1090. The van der Waals surface area contributed by atoms with Crippen LogP contribution in [0, 0.1) is 0 Å². The number of benzene rings is 2. The van der Waals surface area contributed by atoms with E-state index in [2.05, 4.69) is 31.2 Å². The van der Waals surface area contributed by atoms with Crippen LogP contribution in [0.25, 0.3) is 11.0 Å². The van der Waals surface area contributed by atoms with Gasteiger partial charge in [-0.2, -0.15) is 0 Å². The van der Waals surface area contributed by atoms with E-state index in [-0.39, 0.29) is 18.0 Å². The molecule has 2 aromatic carbocycles. The van der Waals surface area contributed by atoms with Crippen molar-refractivity contribution < 1.29 is 9.59 Å². The van der Waals surface area contributed by atoms with E-state index in [1.54, 1.807) is 0 Å². The van der Waals surface area contributed by atoms with Crippen LogP contribution in [0.4, 0.5) is 16.4 Å². The molecular weight excluding hydrogens is 392 g/mol. The van der Waals surface area contributed by atoms with Crippen molar-refractivity contribution in [3.8, 4) is 0 Å². The van der Waals surface area contributed by atoms with Crippen molar-refractivity contribution in [3.63, 3.8) is 0 Å². The second-order valence-corrected chi connectivity index (χ2v) is 7.15. The summed E-state index contributed by atoms with van der Waals surface area (Å²) in [5.74, 6) is 0.557. The fourth-order valence-electron chi connectivity index (χ4n) is 3.23. The van der Waals surface area contributed by atoms with E-state index in [4.69, 9.17) is 0 Å². The molecule has 0 saturated heterocycles. The number of carbonyl (C=O) groups is 2. The van der Waals surface area contributed by atoms with Gasteiger partial charge in [-0.3, -0.25) is 4.79 Å². The molecule has 158 valence electrons. The van der Waals surface area contributed by atoms with Crippen molar-refractivity contribution in [1.82, 2.24) is 20.6 Å². The molecule has 8 nitrogen and oxygen atoms in total. The lowest BCUT2D eigenvalue weighted by Crippen LogP contribution is -2.37. The first-order valence-electron chi connectivity index (χ1n) is 10.1. The van der Waals surface area contributed by atoms with Crippen LogP contribution in [0.2, 0.25) is 0 Å². The minimum atomic E-state index is -0.265. The van der Waals surface area contributed by atoms with Crippen molar-refractivity contribution in [2.24, 2.45) is 0 Å². The van der Waals surface area contributed by atoms with Gasteiger partial charge in [0.2, 0.25) is 11.9 Å². The topological polar surface area (TPSA) is 111 Å². The minimum Gasteiger partial charge on any atom is -0.355 e. The van der Waals surface area contributed by atoms with Gasteiger partial charge in [0.1, 0.15) is 0 Å². The molecule has 0 bridgehead atoms. The van der Waals surface area contributed by atoms with Crippen LogP contribution in [-0.4, -0.2) is 34.5 Å². The fraction of sp³-hybridized carbons (Fsp3) is 0.174. The number of imidazole rings is 1. The number of nitrogens with zero attached hydrogens (tertiary/aromatic N) is 1. The van der Waals surface area contributed by atoms with Crippen LogP contribution >= 0.6 is 0 Å². The summed E-state index contributed by atoms with van der Waals surface area (Å²) < 4.78 is 0. The summed E-state index contributed by atoms with van der Waals surface area (Å²) in [6, 6.07) is 16.6. The highest BCUT2D eigenvalue weighted by molar-refractivity contribution is 5.89. The molecule has 0 aliphatic heterocycles. The number of carbonyl (C=O) groups excluding carboxylic acids is 2. The van der Waals surface area contributed by atoms with Crippen molar-refractivity contribution in [1.29, 1.82) is 0 Å². The number of hydrogen-bond donors (Lipinski definition) is 5. The number of nitrogens with one attached hydrogen (secondary N) is 5. The first-order chi connectivity index (χ1) is 15.2. The third kappa shape index (κ3) is 5.72. The van der Waals surface area contributed by atoms with Gasteiger partial charge in [0.15, 0.2) is 0 Å². The average Bonchev–Trinajstić information content (AvgIpc) is 3.18. The molecular formula is C23H24N6O2. The third-order valence-corrected chi connectivity index (χ3v) is 4.77. The molecule has 0 saturated carbocycles. The zero-order valence-electron chi connectivity index (χ0n) is 16.9. The number of rotatable bonds is 7. The van der Waals surface area contributed by atoms with Gasteiger partial charge < -0.3 is 26.3 Å². The highest BCUT2D eigenvalue weighted by Gasteiger charge is 2.13. The summed E-state index contributed by atoms with van der Waals surface area (Å²) in [6.45, 7) is 0.465. The molecule has 1 unspecified atom stereocenters. The van der Waals surface area contributed by atoms with E-state index in [0.29, 0.717) is 25.3 Å². The van der Waals surface area contributed by atoms with Crippen molar-refractivity contribution in [2.45, 2.75) is 18.9 Å². The summed E-state index contributed by atoms with van der Waals surface area (Å²) in [4.78, 5) is 31.9. The molecule has 31 heavy (non-hydrogen) atoms. The number of aromatic nitrogens is 2. The summed E-state index contributed by atoms with van der Waals surface area (Å²) in [7, 11) is 0. The standard InChI is InChI=1S/C23H24N6O2/c30-21(14-15-24-22-28-19-8-4-5-9-20(19)29-22)25-17-10-12-18(13-11-17)27-23(31)26-16-6-2-1-3-7-16/h1-12,18H,13-15H2,(H,25,30)(H2,24,28,29)(H2,26,27,31). The quantitative estimate of drug-likeness (QED) is 0.406. The monoisotopic (exact) mass is 416 g/mol. The number of fused-ring (bicyclic) bond motifs is 1. The number of aromatic amines is 1. The summed E-state index contributed by atoms with van der Waals surface area (Å²) in [6.07, 6.45) is 6.49. The molecule has 1 heterocycles. The fourth-order valence-corrected chi connectivity index (χ4v) is 3.23. The summed E-state index contributed by atoms with van der Waals surface area (Å²) in [5, 5.41) is 11.7. The first-order valence-corrected chi connectivity index (χ1v) is 10.1. The normalized spacial score (nSPS) is 15.2. The number of hydrogen-bond acceptors (Lipinski definition) is 4. The molecule has 3 aromatic rings. The number of amides is 3. The Morgan fingerprint density at radius 3 is 2.61 bits per heavy atom. The Kier molecular flexibility index (Phi) is 6.27. The molecule has 5 N–H and O–H groups in total. The lowest BCUT2D eigenvalue weighted by molar-refractivity contribution is -0.120. The van der Waals surface area contributed by atoms with Gasteiger partial charge in [-0.05, 0) is 36.8 Å². The summed E-state index contributed by atoms with van der Waals surface area (Å²) >= 11 is 0. The number of para-hydroxylation sites is 3. The molecule has 0 radical (unpaired) electrons. The van der Waals surface area contributed by atoms with Gasteiger partial charge in [0, 0.05) is 24.4 Å². The van der Waals surface area contributed by atoms with Crippen LogP contribution in [-0.2, 0) is 4.79 Å². The molecule has 8 heteroatoms. The van der Waals surface area contributed by atoms with E-state index >= 15 is 0 Å². The van der Waals surface area contributed by atoms with Gasteiger partial charge in [0.25, 0.3) is 0 Å². The van der Waals surface area contributed by atoms with Crippen LogP contribution < -0.4 is 21.3 Å². The Morgan fingerprint density at radius 2 is 1.84 bits per heavy atom. The van der Waals surface area contributed by atoms with Crippen molar-refractivity contribution in [2.75, 3.05) is 17.2 Å². The molecule has 4 rings (SSSR count). The van der Waals surface area contributed by atoms with E-state index in [1.165, 1.54) is 0 Å². The highest BCUT2D eigenvalue weighted by Crippen LogP contribution is 2.13. The van der Waals surface area contributed by atoms with Crippen LogP contribution in [0.1, 0.15) is 12.8 Å². The Morgan fingerprint density at radius 1 is 1.03 bits per heavy atom. The Labute approximate surface area is 179 Å². The Balaban J connectivity index is 1.17. The predicted molar refractivity (Wildman–Crippen MR) is 122 cm³/mol. The lowest BCUT2D eigenvalue weighted by Gasteiger charge is -2.18. The molecule has 1 aromatic heterocycles. The van der Waals surface area contributed by atoms with Crippen LogP contribution in [0.3, 0.4) is 0 Å². The van der Waals surface area contributed by atoms with Gasteiger partial charge in [-0.15, -0.1) is 0 Å². The zero-order chi connectivity index (χ0) is 21.5. The SMILES string of the molecule is O=C(CCNc1nc2ccccc2[nH]1)NC1=CCC(NC(=O)Nc2ccccc2)C=C1. The van der Waals surface area contributed by atoms with E-state index < -0.39 is 0 Å². The van der Waals surface area contributed by atoms with Crippen molar-refractivity contribution in [3.05, 3.63) is 78.5 Å². The van der Waals surface area contributed by atoms with E-state index in [1.807, 2.05) is 72.8 Å². The maximum absolute atomic E-state index is 12.2. The lowest BCUT2D eigenvalue weighted by atomic mass is 10.1. The van der Waals surface area contributed by atoms with Crippen LogP contribution in [0.15, 0.2) is 78.5 Å². The molecule has 3 amide bonds. The third-order valence-electron chi connectivity index (χ3n) is 4.77. The number of anilines is 2. The Hall–Kier alpha value is -4.07. The second kappa shape index (κ2) is 9.62. The molecule has 1 aliphatic carbocycles. The highest BCUT2D eigenvalue weighted by atomic mass is 16.2. The number of urea groups is 1.